The van der Waals surface area contributed by atoms with E-state index >= 15 is 0 Å². The van der Waals surface area contributed by atoms with Gasteiger partial charge in [0.05, 0.1) is 12.8 Å². The molecule has 6 nitrogen and oxygen atoms in total. The van der Waals surface area contributed by atoms with Crippen molar-refractivity contribution in [3.63, 3.8) is 0 Å². The Morgan fingerprint density at radius 3 is 2.44 bits per heavy atom. The SMILES string of the molecule is CCCNC(=O)c1cccc(-c2ccc(Oc3ccc(OC)cc3)nn2)c1. The number of amides is 1. The van der Waals surface area contributed by atoms with Gasteiger partial charge < -0.3 is 14.8 Å². The molecule has 0 radical (unpaired) electrons. The topological polar surface area (TPSA) is 73.3 Å². The molecular formula is C21H21N3O3. The van der Waals surface area contributed by atoms with Crippen LogP contribution in [-0.4, -0.2) is 29.8 Å². The van der Waals surface area contributed by atoms with Crippen molar-refractivity contribution < 1.29 is 14.3 Å². The van der Waals surface area contributed by atoms with Gasteiger partial charge >= 0.3 is 0 Å². The molecule has 27 heavy (non-hydrogen) atoms. The zero-order chi connectivity index (χ0) is 19.1. The zero-order valence-corrected chi connectivity index (χ0v) is 15.3. The van der Waals surface area contributed by atoms with Crippen molar-refractivity contribution in [3.8, 4) is 28.6 Å². The Hall–Kier alpha value is -3.41. The lowest BCUT2D eigenvalue weighted by molar-refractivity contribution is 0.0953. The van der Waals surface area contributed by atoms with E-state index in [1.807, 2.05) is 37.3 Å². The first-order valence-corrected chi connectivity index (χ1v) is 8.74. The minimum absolute atomic E-state index is 0.0916. The summed E-state index contributed by atoms with van der Waals surface area (Å²) >= 11 is 0. The van der Waals surface area contributed by atoms with Crippen molar-refractivity contribution in [1.82, 2.24) is 15.5 Å². The number of nitrogens with one attached hydrogen (secondary N) is 1. The summed E-state index contributed by atoms with van der Waals surface area (Å²) < 4.78 is 10.8. The van der Waals surface area contributed by atoms with Crippen LogP contribution in [0.15, 0.2) is 60.7 Å². The summed E-state index contributed by atoms with van der Waals surface area (Å²) in [6, 6.07) is 18.1. The van der Waals surface area contributed by atoms with Gasteiger partial charge in [-0.25, -0.2) is 0 Å². The smallest absolute Gasteiger partial charge is 0.251 e. The van der Waals surface area contributed by atoms with Gasteiger partial charge in [-0.2, -0.15) is 0 Å². The van der Waals surface area contributed by atoms with Crippen molar-refractivity contribution >= 4 is 5.91 Å². The van der Waals surface area contributed by atoms with Crippen molar-refractivity contribution in [2.24, 2.45) is 0 Å². The van der Waals surface area contributed by atoms with E-state index in [9.17, 15) is 4.79 Å². The van der Waals surface area contributed by atoms with Crippen molar-refractivity contribution in [3.05, 3.63) is 66.2 Å². The van der Waals surface area contributed by atoms with Crippen molar-refractivity contribution in [1.29, 1.82) is 0 Å². The number of carbonyl (C=O) groups is 1. The predicted molar refractivity (Wildman–Crippen MR) is 103 cm³/mol. The normalized spacial score (nSPS) is 10.3. The second-order valence-electron chi connectivity index (χ2n) is 5.87. The van der Waals surface area contributed by atoms with E-state index in [0.717, 1.165) is 17.7 Å². The van der Waals surface area contributed by atoms with Gasteiger partial charge in [0.25, 0.3) is 5.91 Å². The first-order chi connectivity index (χ1) is 13.2. The standard InChI is InChI=1S/C21H21N3O3/c1-3-13-22-21(25)16-6-4-5-15(14-16)19-11-12-20(24-23-19)27-18-9-7-17(26-2)8-10-18/h4-12,14H,3,13H2,1-2H3,(H,22,25). The first-order valence-electron chi connectivity index (χ1n) is 8.74. The minimum Gasteiger partial charge on any atom is -0.497 e. The molecular weight excluding hydrogens is 342 g/mol. The molecule has 0 bridgehead atoms. The highest BCUT2D eigenvalue weighted by atomic mass is 16.5. The maximum atomic E-state index is 12.1. The molecule has 0 aliphatic carbocycles. The van der Waals surface area contributed by atoms with Gasteiger partial charge in [-0.15, -0.1) is 10.2 Å². The predicted octanol–water partition coefficient (Wildman–Crippen LogP) is 4.08. The van der Waals surface area contributed by atoms with Gasteiger partial charge in [0.2, 0.25) is 5.88 Å². The molecule has 0 aliphatic rings. The molecule has 1 N–H and O–H groups in total. The fourth-order valence-electron chi connectivity index (χ4n) is 2.45. The minimum atomic E-state index is -0.0916. The van der Waals surface area contributed by atoms with Crippen molar-refractivity contribution in [2.75, 3.05) is 13.7 Å². The van der Waals surface area contributed by atoms with Crippen LogP contribution < -0.4 is 14.8 Å². The Balaban J connectivity index is 1.72. The van der Waals surface area contributed by atoms with Crippen LogP contribution in [0.25, 0.3) is 11.3 Å². The van der Waals surface area contributed by atoms with E-state index in [0.29, 0.717) is 29.4 Å². The Labute approximate surface area is 158 Å². The van der Waals surface area contributed by atoms with Crippen LogP contribution in [0.4, 0.5) is 0 Å². The maximum Gasteiger partial charge on any atom is 0.251 e. The van der Waals surface area contributed by atoms with Gasteiger partial charge in [0.15, 0.2) is 0 Å². The number of ether oxygens (including phenoxy) is 2. The average molecular weight is 363 g/mol. The van der Waals surface area contributed by atoms with Gasteiger partial charge in [0, 0.05) is 23.7 Å². The largest absolute Gasteiger partial charge is 0.497 e. The van der Waals surface area contributed by atoms with Crippen LogP contribution in [-0.2, 0) is 0 Å². The monoisotopic (exact) mass is 363 g/mol. The van der Waals surface area contributed by atoms with Crippen LogP contribution in [0.5, 0.6) is 17.4 Å². The summed E-state index contributed by atoms with van der Waals surface area (Å²) in [6.45, 7) is 2.67. The number of aromatic nitrogens is 2. The second kappa shape index (κ2) is 8.80. The van der Waals surface area contributed by atoms with E-state index in [1.165, 1.54) is 0 Å². The highest BCUT2D eigenvalue weighted by Crippen LogP contribution is 2.24. The molecule has 0 unspecified atom stereocenters. The summed E-state index contributed by atoms with van der Waals surface area (Å²) in [6.07, 6.45) is 0.895. The number of hydrogen-bond donors (Lipinski definition) is 1. The third-order valence-corrected chi connectivity index (χ3v) is 3.88. The van der Waals surface area contributed by atoms with E-state index in [1.54, 1.807) is 37.4 Å². The van der Waals surface area contributed by atoms with Crippen LogP contribution in [0.2, 0.25) is 0 Å². The van der Waals surface area contributed by atoms with Gasteiger partial charge in [-0.1, -0.05) is 19.1 Å². The molecule has 3 rings (SSSR count). The van der Waals surface area contributed by atoms with Crippen LogP contribution in [0, 0.1) is 0 Å². The Morgan fingerprint density at radius 1 is 1.00 bits per heavy atom. The highest BCUT2D eigenvalue weighted by molar-refractivity contribution is 5.95. The lowest BCUT2D eigenvalue weighted by Crippen LogP contribution is -2.23. The highest BCUT2D eigenvalue weighted by Gasteiger charge is 2.08. The number of nitrogens with zero attached hydrogens (tertiary/aromatic N) is 2. The molecule has 0 atom stereocenters. The second-order valence-corrected chi connectivity index (χ2v) is 5.87. The summed E-state index contributed by atoms with van der Waals surface area (Å²) in [4.78, 5) is 12.1. The fraction of sp³-hybridized carbons (Fsp3) is 0.190. The van der Waals surface area contributed by atoms with Gasteiger partial charge in [-0.3, -0.25) is 4.79 Å². The molecule has 138 valence electrons. The molecule has 1 aromatic heterocycles. The number of methoxy groups -OCH3 is 1. The number of carbonyl (C=O) groups excluding carboxylic acids is 1. The van der Waals surface area contributed by atoms with Crippen LogP contribution in [0.3, 0.4) is 0 Å². The van der Waals surface area contributed by atoms with Crippen LogP contribution in [0.1, 0.15) is 23.7 Å². The summed E-state index contributed by atoms with van der Waals surface area (Å²) in [5.74, 6) is 1.70. The van der Waals surface area contributed by atoms with Gasteiger partial charge in [-0.05, 0) is 48.9 Å². The molecule has 0 spiro atoms. The van der Waals surface area contributed by atoms with E-state index in [4.69, 9.17) is 9.47 Å². The number of rotatable bonds is 7. The van der Waals surface area contributed by atoms with E-state index < -0.39 is 0 Å². The molecule has 1 amide bonds. The molecule has 1 heterocycles. The third-order valence-electron chi connectivity index (χ3n) is 3.88. The Kier molecular flexibility index (Phi) is 5.99. The molecule has 3 aromatic rings. The number of hydrogen-bond acceptors (Lipinski definition) is 5. The lowest BCUT2D eigenvalue weighted by Gasteiger charge is -2.07. The fourth-order valence-corrected chi connectivity index (χ4v) is 2.45. The quantitative estimate of drug-likeness (QED) is 0.684. The molecule has 0 fully saturated rings. The lowest BCUT2D eigenvalue weighted by atomic mass is 10.1. The molecule has 0 saturated carbocycles. The van der Waals surface area contributed by atoms with Gasteiger partial charge in [0.1, 0.15) is 11.5 Å². The third kappa shape index (κ3) is 4.82. The zero-order valence-electron chi connectivity index (χ0n) is 15.3. The molecule has 6 heteroatoms. The molecule has 0 saturated heterocycles. The summed E-state index contributed by atoms with van der Waals surface area (Å²) in [5, 5.41) is 11.2. The van der Waals surface area contributed by atoms with E-state index in [2.05, 4.69) is 15.5 Å². The first kappa shape index (κ1) is 18.4. The Morgan fingerprint density at radius 2 is 1.78 bits per heavy atom. The summed E-state index contributed by atoms with van der Waals surface area (Å²) in [7, 11) is 1.61. The molecule has 2 aromatic carbocycles. The van der Waals surface area contributed by atoms with Crippen molar-refractivity contribution in [2.45, 2.75) is 13.3 Å². The molecule has 0 aliphatic heterocycles. The van der Waals surface area contributed by atoms with Crippen LogP contribution >= 0.6 is 0 Å². The summed E-state index contributed by atoms with van der Waals surface area (Å²) in [5.41, 5.74) is 2.09. The van der Waals surface area contributed by atoms with E-state index in [-0.39, 0.29) is 5.91 Å². The maximum absolute atomic E-state index is 12.1. The Bertz CT molecular complexity index is 893. The number of benzene rings is 2. The average Bonchev–Trinajstić information content (AvgIpc) is 2.73.